The standard InChI is InChI=1S/C18H17F3N2O4S/c1-12-10-13(7-8-16(12)23-9-3-6-17(23)24)22-28(25,26)15-5-2-4-14(11-15)27-18(19,20)21/h2,4-5,7-8,10-11,22H,3,6,9H2,1H3. The fourth-order valence-electron chi connectivity index (χ4n) is 2.98. The molecule has 10 heteroatoms. The van der Waals surface area contributed by atoms with Crippen molar-refractivity contribution in [1.82, 2.24) is 0 Å². The number of nitrogens with zero attached hydrogens (tertiary/aromatic N) is 1. The molecule has 6 nitrogen and oxygen atoms in total. The van der Waals surface area contributed by atoms with Gasteiger partial charge in [0.15, 0.2) is 0 Å². The van der Waals surface area contributed by atoms with Crippen LogP contribution in [0, 0.1) is 6.92 Å². The average molecular weight is 414 g/mol. The van der Waals surface area contributed by atoms with Crippen LogP contribution in [0.4, 0.5) is 24.5 Å². The minimum absolute atomic E-state index is 0.0120. The third kappa shape index (κ3) is 4.56. The van der Waals surface area contributed by atoms with E-state index in [9.17, 15) is 26.4 Å². The van der Waals surface area contributed by atoms with Crippen molar-refractivity contribution in [3.63, 3.8) is 0 Å². The number of ether oxygens (including phenoxy) is 1. The number of halogens is 3. The lowest BCUT2D eigenvalue weighted by molar-refractivity contribution is -0.274. The van der Waals surface area contributed by atoms with Crippen LogP contribution in [0.5, 0.6) is 5.75 Å². The van der Waals surface area contributed by atoms with Crippen molar-refractivity contribution in [2.75, 3.05) is 16.2 Å². The smallest absolute Gasteiger partial charge is 0.406 e. The Bertz CT molecular complexity index is 1010. The van der Waals surface area contributed by atoms with Gasteiger partial charge in [-0.15, -0.1) is 13.2 Å². The first-order valence-electron chi connectivity index (χ1n) is 8.35. The molecule has 0 atom stereocenters. The number of anilines is 2. The Balaban J connectivity index is 1.82. The van der Waals surface area contributed by atoms with Gasteiger partial charge in [0.1, 0.15) is 5.75 Å². The fourth-order valence-corrected chi connectivity index (χ4v) is 4.06. The van der Waals surface area contributed by atoms with Crippen LogP contribution in [0.3, 0.4) is 0 Å². The first kappa shape index (κ1) is 20.0. The molecule has 0 bridgehead atoms. The van der Waals surface area contributed by atoms with E-state index in [4.69, 9.17) is 0 Å². The monoisotopic (exact) mass is 414 g/mol. The second-order valence-corrected chi connectivity index (χ2v) is 7.96. The molecule has 0 saturated carbocycles. The number of hydrogen-bond donors (Lipinski definition) is 1. The molecule has 150 valence electrons. The van der Waals surface area contributed by atoms with E-state index in [1.165, 1.54) is 6.07 Å². The topological polar surface area (TPSA) is 75.7 Å². The number of alkyl halides is 3. The van der Waals surface area contributed by atoms with Gasteiger partial charge in [-0.2, -0.15) is 0 Å². The molecule has 1 saturated heterocycles. The Labute approximate surface area is 160 Å². The average Bonchev–Trinajstić information content (AvgIpc) is 2.99. The highest BCUT2D eigenvalue weighted by molar-refractivity contribution is 7.92. The summed E-state index contributed by atoms with van der Waals surface area (Å²) >= 11 is 0. The molecule has 0 unspecified atom stereocenters. The zero-order valence-corrected chi connectivity index (χ0v) is 15.6. The highest BCUT2D eigenvalue weighted by Gasteiger charge is 2.31. The minimum atomic E-state index is -4.92. The molecule has 28 heavy (non-hydrogen) atoms. The number of carbonyl (C=O) groups excluding carboxylic acids is 1. The molecular formula is C18H17F3N2O4S. The summed E-state index contributed by atoms with van der Waals surface area (Å²) in [6, 6.07) is 8.83. The van der Waals surface area contributed by atoms with Crippen LogP contribution in [0.15, 0.2) is 47.4 Å². The molecule has 3 rings (SSSR count). The minimum Gasteiger partial charge on any atom is -0.406 e. The summed E-state index contributed by atoms with van der Waals surface area (Å²) in [7, 11) is -4.13. The lowest BCUT2D eigenvalue weighted by atomic mass is 10.1. The number of aryl methyl sites for hydroxylation is 1. The summed E-state index contributed by atoms with van der Waals surface area (Å²) in [5.74, 6) is -0.618. The molecular weight excluding hydrogens is 397 g/mol. The van der Waals surface area contributed by atoms with E-state index in [-0.39, 0.29) is 16.5 Å². The van der Waals surface area contributed by atoms with Crippen LogP contribution in [0.25, 0.3) is 0 Å². The van der Waals surface area contributed by atoms with Crippen LogP contribution >= 0.6 is 0 Å². The Hall–Kier alpha value is -2.75. The quantitative estimate of drug-likeness (QED) is 0.807. The summed E-state index contributed by atoms with van der Waals surface area (Å²) in [5, 5.41) is 0. The van der Waals surface area contributed by atoms with Crippen molar-refractivity contribution in [2.45, 2.75) is 31.0 Å². The SMILES string of the molecule is Cc1cc(NS(=O)(=O)c2cccc(OC(F)(F)F)c2)ccc1N1CCCC1=O. The second-order valence-electron chi connectivity index (χ2n) is 6.28. The van der Waals surface area contributed by atoms with Crippen molar-refractivity contribution in [2.24, 2.45) is 0 Å². The zero-order valence-electron chi connectivity index (χ0n) is 14.8. The number of rotatable bonds is 5. The Morgan fingerprint density at radius 3 is 2.50 bits per heavy atom. The van der Waals surface area contributed by atoms with Gasteiger partial charge >= 0.3 is 6.36 Å². The summed E-state index contributed by atoms with van der Waals surface area (Å²) in [5.41, 5.74) is 1.63. The van der Waals surface area contributed by atoms with Gasteiger partial charge in [0.25, 0.3) is 10.0 Å². The third-order valence-electron chi connectivity index (χ3n) is 4.16. The molecule has 0 aromatic heterocycles. The van der Waals surface area contributed by atoms with E-state index < -0.39 is 22.1 Å². The molecule has 1 N–H and O–H groups in total. The van der Waals surface area contributed by atoms with E-state index in [2.05, 4.69) is 9.46 Å². The predicted molar refractivity (Wildman–Crippen MR) is 96.7 cm³/mol. The van der Waals surface area contributed by atoms with Crippen molar-refractivity contribution in [3.05, 3.63) is 48.0 Å². The first-order chi connectivity index (χ1) is 13.0. The van der Waals surface area contributed by atoms with E-state index in [1.54, 1.807) is 24.0 Å². The van der Waals surface area contributed by atoms with Gasteiger partial charge in [0.05, 0.1) is 4.90 Å². The third-order valence-corrected chi connectivity index (χ3v) is 5.54. The molecule has 1 aliphatic heterocycles. The van der Waals surface area contributed by atoms with E-state index >= 15 is 0 Å². The maximum Gasteiger partial charge on any atom is 0.573 e. The first-order valence-corrected chi connectivity index (χ1v) is 9.83. The van der Waals surface area contributed by atoms with Crippen LogP contribution in [-0.2, 0) is 14.8 Å². The summed E-state index contributed by atoms with van der Waals surface area (Å²) < 4.78 is 68.1. The van der Waals surface area contributed by atoms with Gasteiger partial charge in [-0.05, 0) is 49.2 Å². The zero-order chi connectivity index (χ0) is 20.5. The van der Waals surface area contributed by atoms with Crippen LogP contribution < -0.4 is 14.4 Å². The second kappa shape index (κ2) is 7.34. The fraction of sp³-hybridized carbons (Fsp3) is 0.278. The van der Waals surface area contributed by atoms with Crippen molar-refractivity contribution in [3.8, 4) is 5.75 Å². The number of amides is 1. The highest BCUT2D eigenvalue weighted by atomic mass is 32.2. The molecule has 2 aromatic rings. The Morgan fingerprint density at radius 2 is 1.89 bits per heavy atom. The lowest BCUT2D eigenvalue weighted by Crippen LogP contribution is -2.24. The van der Waals surface area contributed by atoms with Crippen molar-refractivity contribution in [1.29, 1.82) is 0 Å². The maximum atomic E-state index is 12.5. The number of sulfonamides is 1. The van der Waals surface area contributed by atoms with Gasteiger partial charge in [0, 0.05) is 30.4 Å². The molecule has 2 aromatic carbocycles. The van der Waals surface area contributed by atoms with E-state index in [0.29, 0.717) is 24.2 Å². The van der Waals surface area contributed by atoms with Gasteiger partial charge in [-0.3, -0.25) is 9.52 Å². The van der Waals surface area contributed by atoms with Gasteiger partial charge in [0.2, 0.25) is 5.91 Å². The molecule has 0 aliphatic carbocycles. The van der Waals surface area contributed by atoms with E-state index in [0.717, 1.165) is 30.7 Å². The molecule has 1 amide bonds. The molecule has 0 spiro atoms. The molecule has 1 fully saturated rings. The van der Waals surface area contributed by atoms with Gasteiger partial charge < -0.3 is 9.64 Å². The van der Waals surface area contributed by atoms with Crippen LogP contribution in [-0.4, -0.2) is 27.2 Å². The normalized spacial score (nSPS) is 15.0. The Morgan fingerprint density at radius 1 is 1.14 bits per heavy atom. The largest absolute Gasteiger partial charge is 0.573 e. The number of nitrogens with one attached hydrogen (secondary N) is 1. The number of hydrogen-bond acceptors (Lipinski definition) is 4. The van der Waals surface area contributed by atoms with Crippen molar-refractivity contribution >= 4 is 27.3 Å². The number of carbonyl (C=O) groups is 1. The highest BCUT2D eigenvalue weighted by Crippen LogP contribution is 2.29. The summed E-state index contributed by atoms with van der Waals surface area (Å²) in [6.45, 7) is 2.35. The molecule has 0 radical (unpaired) electrons. The van der Waals surface area contributed by atoms with Crippen LogP contribution in [0.2, 0.25) is 0 Å². The van der Waals surface area contributed by atoms with E-state index in [1.807, 2.05) is 0 Å². The Kier molecular flexibility index (Phi) is 5.24. The predicted octanol–water partition coefficient (Wildman–Crippen LogP) is 3.82. The summed E-state index contributed by atoms with van der Waals surface area (Å²) in [4.78, 5) is 13.2. The molecule has 1 heterocycles. The van der Waals surface area contributed by atoms with Crippen LogP contribution in [0.1, 0.15) is 18.4 Å². The van der Waals surface area contributed by atoms with Gasteiger partial charge in [-0.1, -0.05) is 6.07 Å². The van der Waals surface area contributed by atoms with Crippen molar-refractivity contribution < 1.29 is 31.1 Å². The van der Waals surface area contributed by atoms with Gasteiger partial charge in [-0.25, -0.2) is 8.42 Å². The maximum absolute atomic E-state index is 12.5. The molecule has 1 aliphatic rings. The number of benzene rings is 2. The summed E-state index contributed by atoms with van der Waals surface area (Å²) in [6.07, 6.45) is -3.68. The lowest BCUT2D eigenvalue weighted by Gasteiger charge is -2.19.